The molecule has 7 heteroatoms. The van der Waals surface area contributed by atoms with E-state index in [1.54, 1.807) is 0 Å². The van der Waals surface area contributed by atoms with E-state index in [0.29, 0.717) is 0 Å². The molecule has 3 aromatic heterocycles. The zero-order chi connectivity index (χ0) is 16.0. The van der Waals surface area contributed by atoms with Gasteiger partial charge in [0.15, 0.2) is 0 Å². The van der Waals surface area contributed by atoms with E-state index in [4.69, 9.17) is 0 Å². The van der Waals surface area contributed by atoms with E-state index in [2.05, 4.69) is 72.1 Å². The Morgan fingerprint density at radius 3 is 1.00 bits per heavy atom. The standard InChI is InChI=1S/3C5H7N2.CH4.Cr/c3*1-4-3-5(2)7-6-4;;/h3*1-2H3,(H,6,7);1H4;. The average Bonchev–Trinajstić information content (AvgIpc) is 3.08. The molecule has 0 amide bonds. The van der Waals surface area contributed by atoms with Crippen LogP contribution < -0.4 is 13.3 Å². The van der Waals surface area contributed by atoms with Crippen molar-refractivity contribution in [3.05, 3.63) is 34.2 Å². The van der Waals surface area contributed by atoms with Crippen LogP contribution in [0.25, 0.3) is 0 Å². The molecule has 0 saturated heterocycles. The Kier molecular flexibility index (Phi) is 4.83. The number of rotatable bonds is 3. The van der Waals surface area contributed by atoms with Crippen LogP contribution in [0.2, 0.25) is 0 Å². The van der Waals surface area contributed by atoms with E-state index in [-0.39, 0.29) is 7.43 Å². The molecule has 0 aliphatic heterocycles. The molecule has 0 saturated carbocycles. The molecule has 3 aromatic rings. The number of nitrogens with zero attached hydrogens (tertiary/aromatic N) is 3. The molecule has 125 valence electrons. The average molecular weight is 353 g/mol. The summed E-state index contributed by atoms with van der Waals surface area (Å²) in [4.78, 5) is 0. The first-order chi connectivity index (χ1) is 10.4. The minimum atomic E-state index is -1.50. The van der Waals surface area contributed by atoms with Crippen LogP contribution in [0.1, 0.15) is 41.6 Å². The Hall–Kier alpha value is -1.84. The number of hydrogen-bond donors (Lipinski definition) is 3. The van der Waals surface area contributed by atoms with Crippen molar-refractivity contribution >= 4 is 13.3 Å². The third-order valence-corrected chi connectivity index (χ3v) is 8.52. The normalized spacial score (nSPS) is 11.1. The fourth-order valence-electron chi connectivity index (χ4n) is 2.83. The summed E-state index contributed by atoms with van der Waals surface area (Å²) >= 11 is -1.50. The first kappa shape index (κ1) is 17.5. The second-order valence-electron chi connectivity index (χ2n) is 5.60. The molecule has 0 fully saturated rings. The number of H-pyrrole nitrogens is 3. The van der Waals surface area contributed by atoms with Gasteiger partial charge in [-0.1, -0.05) is 7.43 Å². The van der Waals surface area contributed by atoms with Crippen LogP contribution in [-0.2, 0) is 14.1 Å². The van der Waals surface area contributed by atoms with Gasteiger partial charge in [0, 0.05) is 0 Å². The van der Waals surface area contributed by atoms with Gasteiger partial charge in [0.25, 0.3) is 0 Å². The van der Waals surface area contributed by atoms with Gasteiger partial charge >= 0.3 is 134 Å². The fourth-order valence-corrected chi connectivity index (χ4v) is 7.03. The molecule has 0 radical (unpaired) electrons. The number of hydrogen-bond acceptors (Lipinski definition) is 3. The summed E-state index contributed by atoms with van der Waals surface area (Å²) in [5, 5.41) is 22.7. The van der Waals surface area contributed by atoms with Gasteiger partial charge in [-0.05, 0) is 0 Å². The number of aryl methyl sites for hydroxylation is 6. The monoisotopic (exact) mass is 353 g/mol. The third-order valence-electron chi connectivity index (χ3n) is 3.79. The molecule has 23 heavy (non-hydrogen) atoms. The second-order valence-corrected chi connectivity index (χ2v) is 8.46. The maximum atomic E-state index is 4.42. The molecule has 3 N–H and O–H groups in total. The summed E-state index contributed by atoms with van der Waals surface area (Å²) in [7, 11) is 0. The Morgan fingerprint density at radius 2 is 0.826 bits per heavy atom. The van der Waals surface area contributed by atoms with E-state index < -0.39 is 14.1 Å². The van der Waals surface area contributed by atoms with Crippen LogP contribution in [0, 0.1) is 41.5 Å². The summed E-state index contributed by atoms with van der Waals surface area (Å²) in [6.07, 6.45) is 0. The first-order valence-electron chi connectivity index (χ1n) is 7.20. The molecule has 0 aliphatic rings. The Labute approximate surface area is 141 Å². The van der Waals surface area contributed by atoms with Gasteiger partial charge in [-0.25, -0.2) is 0 Å². The van der Waals surface area contributed by atoms with Crippen LogP contribution in [0.4, 0.5) is 0 Å². The quantitative estimate of drug-likeness (QED) is 0.662. The molecule has 0 aromatic carbocycles. The van der Waals surface area contributed by atoms with Crippen LogP contribution >= 0.6 is 0 Å². The molecule has 3 rings (SSSR count). The zero-order valence-corrected chi connectivity index (χ0v) is 15.0. The molecule has 0 unspecified atom stereocenters. The fraction of sp³-hybridized carbons (Fsp3) is 0.438. The Morgan fingerprint density at radius 1 is 0.565 bits per heavy atom. The predicted molar refractivity (Wildman–Crippen MR) is 89.8 cm³/mol. The Balaban J connectivity index is 0.00000192. The predicted octanol–water partition coefficient (Wildman–Crippen LogP) is 1.24. The third kappa shape index (κ3) is 2.75. The summed E-state index contributed by atoms with van der Waals surface area (Å²) in [6.45, 7) is 12.5. The molecule has 0 aliphatic carbocycles. The summed E-state index contributed by atoms with van der Waals surface area (Å²) in [5.41, 5.74) is 6.64. The van der Waals surface area contributed by atoms with Crippen molar-refractivity contribution in [1.29, 1.82) is 0 Å². The molecule has 0 spiro atoms. The van der Waals surface area contributed by atoms with Gasteiger partial charge in [-0.3, -0.25) is 0 Å². The van der Waals surface area contributed by atoms with E-state index in [0.717, 1.165) is 34.2 Å². The van der Waals surface area contributed by atoms with Gasteiger partial charge in [-0.15, -0.1) is 0 Å². The minimum absolute atomic E-state index is 0. The molecular weight excluding hydrogens is 328 g/mol. The summed E-state index contributed by atoms with van der Waals surface area (Å²) < 4.78 is 4.00. The maximum absolute atomic E-state index is 4.42. The van der Waals surface area contributed by atoms with Crippen molar-refractivity contribution < 1.29 is 14.1 Å². The number of aromatic amines is 3. The van der Waals surface area contributed by atoms with Gasteiger partial charge in [-0.2, -0.15) is 0 Å². The van der Waals surface area contributed by atoms with E-state index in [1.165, 1.54) is 13.3 Å². The van der Waals surface area contributed by atoms with E-state index in [1.807, 2.05) is 0 Å². The molecular formula is C16H25CrN6. The molecule has 3 heterocycles. The van der Waals surface area contributed by atoms with Crippen molar-refractivity contribution in [2.75, 3.05) is 0 Å². The topological polar surface area (TPSA) is 86.0 Å². The number of aromatic nitrogens is 6. The van der Waals surface area contributed by atoms with Crippen molar-refractivity contribution in [2.45, 2.75) is 49.0 Å². The zero-order valence-electron chi connectivity index (χ0n) is 13.7. The van der Waals surface area contributed by atoms with Crippen LogP contribution in [0.3, 0.4) is 0 Å². The van der Waals surface area contributed by atoms with Crippen molar-refractivity contribution in [3.63, 3.8) is 0 Å². The Bertz CT molecular complexity index is 657. The van der Waals surface area contributed by atoms with Crippen molar-refractivity contribution in [1.82, 2.24) is 30.6 Å². The second kappa shape index (κ2) is 6.34. The van der Waals surface area contributed by atoms with Gasteiger partial charge in [0.05, 0.1) is 0 Å². The van der Waals surface area contributed by atoms with Crippen LogP contribution in [0.15, 0.2) is 0 Å². The SMILES string of the molecule is C.Cc1n[nH]c(C)[c]1[Cr]([c]1c(C)n[nH]c1C)[c]1c(C)n[nH]c1C. The molecule has 0 bridgehead atoms. The van der Waals surface area contributed by atoms with Gasteiger partial charge in [0.1, 0.15) is 0 Å². The molecule has 0 atom stereocenters. The summed E-state index contributed by atoms with van der Waals surface area (Å²) in [5.74, 6) is 0. The van der Waals surface area contributed by atoms with Crippen LogP contribution in [-0.4, -0.2) is 30.6 Å². The number of nitrogens with one attached hydrogen (secondary N) is 3. The van der Waals surface area contributed by atoms with E-state index >= 15 is 0 Å². The van der Waals surface area contributed by atoms with Gasteiger partial charge in [0.2, 0.25) is 0 Å². The molecule has 6 nitrogen and oxygen atoms in total. The van der Waals surface area contributed by atoms with Crippen LogP contribution in [0.5, 0.6) is 0 Å². The summed E-state index contributed by atoms with van der Waals surface area (Å²) in [6, 6.07) is 0. The first-order valence-corrected chi connectivity index (χ1v) is 9.12. The van der Waals surface area contributed by atoms with Gasteiger partial charge < -0.3 is 0 Å². The van der Waals surface area contributed by atoms with Crippen molar-refractivity contribution in [2.24, 2.45) is 0 Å². The van der Waals surface area contributed by atoms with Crippen molar-refractivity contribution in [3.8, 4) is 0 Å². The van der Waals surface area contributed by atoms with E-state index in [9.17, 15) is 0 Å².